The fraction of sp³-hybridized carbons (Fsp3) is 0.464. The summed E-state index contributed by atoms with van der Waals surface area (Å²) < 4.78 is 18.7. The second-order valence-electron chi connectivity index (χ2n) is 9.69. The quantitative estimate of drug-likeness (QED) is 0.381. The third-order valence-corrected chi connectivity index (χ3v) is 7.73. The van der Waals surface area contributed by atoms with E-state index in [2.05, 4.69) is 9.88 Å². The number of hydrogen-bond acceptors (Lipinski definition) is 5. The maximum Gasteiger partial charge on any atom is 0.123 e. The van der Waals surface area contributed by atoms with E-state index in [1.165, 1.54) is 6.07 Å². The minimum Gasteiger partial charge on any atom is -0.497 e. The monoisotopic (exact) mass is 500 g/mol. The first kappa shape index (κ1) is 25.8. The van der Waals surface area contributed by atoms with Crippen LogP contribution in [0.25, 0.3) is 10.9 Å². The number of aliphatic hydroxyl groups is 2. The number of aliphatic hydroxyl groups excluding tert-OH is 2. The third-order valence-electron chi connectivity index (χ3n) is 7.43. The summed E-state index contributed by atoms with van der Waals surface area (Å²) in [5.41, 5.74) is 2.25. The van der Waals surface area contributed by atoms with Crippen molar-refractivity contribution in [1.82, 2.24) is 9.88 Å². The predicted molar refractivity (Wildman–Crippen MR) is 137 cm³/mol. The number of benzene rings is 2. The topological polar surface area (TPSA) is 65.8 Å². The molecule has 1 atom stereocenters. The van der Waals surface area contributed by atoms with Crippen LogP contribution >= 0.6 is 11.6 Å². The molecule has 1 saturated heterocycles. The number of ether oxygens (including phenoxy) is 1. The number of aryl methyl sites for hydroxylation is 1. The van der Waals surface area contributed by atoms with Crippen molar-refractivity contribution < 1.29 is 19.3 Å². The van der Waals surface area contributed by atoms with Crippen molar-refractivity contribution >= 4 is 22.5 Å². The van der Waals surface area contributed by atoms with Crippen molar-refractivity contribution in [3.05, 3.63) is 70.6 Å². The molecule has 0 radical (unpaired) electrons. The highest BCUT2D eigenvalue weighted by Crippen LogP contribution is 2.40. The molecule has 7 heteroatoms. The van der Waals surface area contributed by atoms with Crippen LogP contribution < -0.4 is 4.74 Å². The molecule has 188 valence electrons. The van der Waals surface area contributed by atoms with Crippen LogP contribution in [-0.4, -0.2) is 53.4 Å². The molecule has 0 amide bonds. The van der Waals surface area contributed by atoms with Gasteiger partial charge in [-0.3, -0.25) is 4.98 Å². The smallest absolute Gasteiger partial charge is 0.123 e. The number of hydrogen-bond donors (Lipinski definition) is 2. The Kier molecular flexibility index (Phi) is 8.60. The zero-order chi connectivity index (χ0) is 24.8. The number of rotatable bonds is 10. The summed E-state index contributed by atoms with van der Waals surface area (Å²) in [5, 5.41) is 22.6. The number of pyridine rings is 1. The van der Waals surface area contributed by atoms with Crippen LogP contribution in [0.1, 0.15) is 49.3 Å². The summed E-state index contributed by atoms with van der Waals surface area (Å²) in [6.45, 7) is 2.89. The normalized spacial score (nSPS) is 16.9. The number of fused-ring (bicyclic) bond motifs is 1. The number of piperidine rings is 1. The SMILES string of the molecule is COc1ccc2ncc(Cl)c([C@@H](O)CCC3(CO)CCN(CCCc4cccc(F)c4)CC3)c2c1. The molecule has 1 aromatic heterocycles. The molecule has 35 heavy (non-hydrogen) atoms. The first-order chi connectivity index (χ1) is 16.9. The molecule has 5 nitrogen and oxygen atoms in total. The molecule has 4 rings (SSSR count). The van der Waals surface area contributed by atoms with Gasteiger partial charge < -0.3 is 19.8 Å². The van der Waals surface area contributed by atoms with E-state index < -0.39 is 6.10 Å². The molecule has 0 saturated carbocycles. The highest BCUT2D eigenvalue weighted by molar-refractivity contribution is 6.32. The first-order valence-corrected chi connectivity index (χ1v) is 12.7. The largest absolute Gasteiger partial charge is 0.497 e. The summed E-state index contributed by atoms with van der Waals surface area (Å²) in [7, 11) is 1.61. The van der Waals surface area contributed by atoms with Gasteiger partial charge in [-0.25, -0.2) is 4.39 Å². The Morgan fingerprint density at radius 2 is 2.00 bits per heavy atom. The summed E-state index contributed by atoms with van der Waals surface area (Å²) in [6.07, 6.45) is 5.65. The molecule has 3 aromatic rings. The zero-order valence-corrected chi connectivity index (χ0v) is 21.0. The molecule has 0 bridgehead atoms. The molecule has 0 unspecified atom stereocenters. The predicted octanol–water partition coefficient (Wildman–Crippen LogP) is 5.56. The second kappa shape index (κ2) is 11.7. The van der Waals surface area contributed by atoms with E-state index in [9.17, 15) is 14.6 Å². The Hall–Kier alpha value is -2.25. The third kappa shape index (κ3) is 6.31. The van der Waals surface area contributed by atoms with Crippen molar-refractivity contribution in [2.24, 2.45) is 5.41 Å². The van der Waals surface area contributed by atoms with Crippen LogP contribution in [0.4, 0.5) is 4.39 Å². The number of methoxy groups -OCH3 is 1. The van der Waals surface area contributed by atoms with Crippen molar-refractivity contribution in [2.45, 2.75) is 44.6 Å². The van der Waals surface area contributed by atoms with Crippen molar-refractivity contribution in [1.29, 1.82) is 0 Å². The number of likely N-dealkylation sites (tertiary alicyclic amines) is 1. The van der Waals surface area contributed by atoms with E-state index in [4.69, 9.17) is 16.3 Å². The minimum atomic E-state index is -0.757. The van der Waals surface area contributed by atoms with Gasteiger partial charge in [0.15, 0.2) is 0 Å². The minimum absolute atomic E-state index is 0.107. The Morgan fingerprint density at radius 3 is 2.71 bits per heavy atom. The molecule has 1 fully saturated rings. The van der Waals surface area contributed by atoms with E-state index in [0.717, 1.165) is 61.8 Å². The molecule has 2 aromatic carbocycles. The zero-order valence-electron chi connectivity index (χ0n) is 20.2. The van der Waals surface area contributed by atoms with Gasteiger partial charge in [-0.05, 0) is 99.5 Å². The lowest BCUT2D eigenvalue weighted by Crippen LogP contribution is -2.42. The highest BCUT2D eigenvalue weighted by Gasteiger charge is 2.34. The van der Waals surface area contributed by atoms with Gasteiger partial charge >= 0.3 is 0 Å². The first-order valence-electron chi connectivity index (χ1n) is 12.3. The average molecular weight is 501 g/mol. The standard InChI is InChI=1S/C28H34ClFN2O3/c1-35-22-7-8-25-23(17-22)27(24(29)18-31-25)26(34)9-10-28(19-33)11-14-32(15-12-28)13-3-5-20-4-2-6-21(30)16-20/h2,4,6-8,16-18,26,33-34H,3,5,9-15,19H2,1H3/t26-/m0/s1. The Morgan fingerprint density at radius 1 is 1.20 bits per heavy atom. The van der Waals surface area contributed by atoms with Crippen LogP contribution in [-0.2, 0) is 6.42 Å². The van der Waals surface area contributed by atoms with Gasteiger partial charge in [-0.15, -0.1) is 0 Å². The van der Waals surface area contributed by atoms with Gasteiger partial charge in [0.05, 0.1) is 23.8 Å². The van der Waals surface area contributed by atoms with E-state index in [-0.39, 0.29) is 17.8 Å². The van der Waals surface area contributed by atoms with E-state index in [1.807, 2.05) is 24.3 Å². The van der Waals surface area contributed by atoms with E-state index in [0.29, 0.717) is 29.2 Å². The molecule has 2 heterocycles. The van der Waals surface area contributed by atoms with Crippen LogP contribution in [0.5, 0.6) is 5.75 Å². The fourth-order valence-electron chi connectivity index (χ4n) is 5.16. The molecule has 2 N–H and O–H groups in total. The molecule has 0 spiro atoms. The van der Waals surface area contributed by atoms with E-state index in [1.54, 1.807) is 25.4 Å². The summed E-state index contributed by atoms with van der Waals surface area (Å²) >= 11 is 6.46. The van der Waals surface area contributed by atoms with Gasteiger partial charge in [-0.2, -0.15) is 0 Å². The number of aromatic nitrogens is 1. The second-order valence-corrected chi connectivity index (χ2v) is 10.1. The lowest BCUT2D eigenvalue weighted by atomic mass is 9.74. The van der Waals surface area contributed by atoms with Gasteiger partial charge in [0, 0.05) is 23.8 Å². The fourth-order valence-corrected chi connectivity index (χ4v) is 5.43. The van der Waals surface area contributed by atoms with Crippen LogP contribution in [0, 0.1) is 11.2 Å². The highest BCUT2D eigenvalue weighted by atomic mass is 35.5. The van der Waals surface area contributed by atoms with Crippen molar-refractivity contribution in [3.8, 4) is 5.75 Å². The van der Waals surface area contributed by atoms with Crippen LogP contribution in [0.3, 0.4) is 0 Å². The Balaban J connectivity index is 1.33. The van der Waals surface area contributed by atoms with Gasteiger partial charge in [0.2, 0.25) is 0 Å². The van der Waals surface area contributed by atoms with Crippen molar-refractivity contribution in [2.75, 3.05) is 33.4 Å². The molecule has 0 aliphatic carbocycles. The molecular formula is C28H34ClFN2O3. The maximum atomic E-state index is 13.4. The van der Waals surface area contributed by atoms with E-state index >= 15 is 0 Å². The van der Waals surface area contributed by atoms with Gasteiger partial charge in [0.25, 0.3) is 0 Å². The molecule has 1 aliphatic heterocycles. The Labute approximate surface area is 211 Å². The van der Waals surface area contributed by atoms with Crippen LogP contribution in [0.15, 0.2) is 48.7 Å². The summed E-state index contributed by atoms with van der Waals surface area (Å²) in [6, 6.07) is 12.4. The number of halogens is 2. The Bertz CT molecular complexity index is 1130. The number of nitrogens with zero attached hydrogens (tertiary/aromatic N) is 2. The molecule has 1 aliphatic rings. The average Bonchev–Trinajstić information content (AvgIpc) is 2.88. The summed E-state index contributed by atoms with van der Waals surface area (Å²) in [4.78, 5) is 6.79. The van der Waals surface area contributed by atoms with Crippen LogP contribution in [0.2, 0.25) is 5.02 Å². The lowest BCUT2D eigenvalue weighted by molar-refractivity contribution is 0.0234. The van der Waals surface area contributed by atoms with Gasteiger partial charge in [0.1, 0.15) is 11.6 Å². The van der Waals surface area contributed by atoms with Gasteiger partial charge in [-0.1, -0.05) is 23.7 Å². The lowest BCUT2D eigenvalue weighted by Gasteiger charge is -2.41. The molecular weight excluding hydrogens is 467 g/mol. The maximum absolute atomic E-state index is 13.4. The summed E-state index contributed by atoms with van der Waals surface area (Å²) in [5.74, 6) is 0.502. The van der Waals surface area contributed by atoms with Crippen molar-refractivity contribution in [3.63, 3.8) is 0 Å².